The number of nitrogens with zero attached hydrogens (tertiary/aromatic N) is 6. The maximum Gasteiger partial charge on any atom is 0.336 e. The van der Waals surface area contributed by atoms with Gasteiger partial charge < -0.3 is 25.8 Å². The maximum absolute atomic E-state index is 9.20. The van der Waals surface area contributed by atoms with E-state index in [-0.39, 0.29) is 24.5 Å². The van der Waals surface area contributed by atoms with E-state index in [0.717, 1.165) is 55.2 Å². The van der Waals surface area contributed by atoms with Crippen LogP contribution in [0.25, 0.3) is 5.65 Å². The summed E-state index contributed by atoms with van der Waals surface area (Å²) in [7, 11) is 0. The molecule has 0 aliphatic carbocycles. The molecule has 4 rings (SSSR count). The number of fused-ring (bicyclic) bond motifs is 1. The topological polar surface area (TPSA) is 127 Å². The van der Waals surface area contributed by atoms with E-state index in [9.17, 15) is 5.11 Å². The minimum Gasteiger partial charge on any atom is -0.459 e. The second kappa shape index (κ2) is 9.44. The van der Waals surface area contributed by atoms with Crippen LogP contribution < -0.4 is 20.7 Å². The van der Waals surface area contributed by atoms with Gasteiger partial charge in [-0.3, -0.25) is 0 Å². The molecule has 0 aromatic carbocycles. The molecule has 0 bridgehead atoms. The van der Waals surface area contributed by atoms with Crippen LogP contribution >= 0.6 is 0 Å². The Morgan fingerprint density at radius 3 is 2.77 bits per heavy atom. The summed E-state index contributed by atoms with van der Waals surface area (Å²) in [4.78, 5) is 15.7. The number of aromatic nitrogens is 5. The average Bonchev–Trinajstić information content (AvgIpc) is 3.17. The lowest BCUT2D eigenvalue weighted by Crippen LogP contribution is -2.44. The van der Waals surface area contributed by atoms with E-state index in [1.807, 2.05) is 13.1 Å². The smallest absolute Gasteiger partial charge is 0.336 e. The van der Waals surface area contributed by atoms with Gasteiger partial charge in [-0.25, -0.2) is 14.5 Å². The highest BCUT2D eigenvalue weighted by Gasteiger charge is 2.17. The number of nitrogens with one attached hydrogen (secondary N) is 1. The van der Waals surface area contributed by atoms with Crippen molar-refractivity contribution < 1.29 is 9.84 Å². The van der Waals surface area contributed by atoms with E-state index >= 15 is 0 Å². The number of nitrogen functional groups attached to an aromatic ring is 1. The van der Waals surface area contributed by atoms with Crippen LogP contribution in [0.1, 0.15) is 36.6 Å². The molecule has 3 aromatic heterocycles. The molecular weight excluding hydrogens is 396 g/mol. The van der Waals surface area contributed by atoms with Crippen molar-refractivity contribution in [3.63, 3.8) is 0 Å². The summed E-state index contributed by atoms with van der Waals surface area (Å²) in [5.74, 6) is 1.30. The fourth-order valence-corrected chi connectivity index (χ4v) is 3.88. The molecule has 0 amide bonds. The Balaban J connectivity index is 1.57. The lowest BCUT2D eigenvalue weighted by atomic mass is 10.1. The Hall–Kier alpha value is -2.98. The Kier molecular flexibility index (Phi) is 6.47. The van der Waals surface area contributed by atoms with Crippen molar-refractivity contribution >= 4 is 17.3 Å². The molecule has 31 heavy (non-hydrogen) atoms. The van der Waals surface area contributed by atoms with Crippen LogP contribution in [0.15, 0.2) is 18.5 Å². The Labute approximate surface area is 181 Å². The third-order valence-corrected chi connectivity index (χ3v) is 5.53. The number of aliphatic hydroxyl groups excluding tert-OH is 1. The fourth-order valence-electron chi connectivity index (χ4n) is 3.88. The molecular formula is C21H30N8O2. The van der Waals surface area contributed by atoms with Gasteiger partial charge in [0.2, 0.25) is 0 Å². The zero-order chi connectivity index (χ0) is 21.8. The summed E-state index contributed by atoms with van der Waals surface area (Å²) in [6, 6.07) is 2.35. The third kappa shape index (κ3) is 4.70. The third-order valence-electron chi connectivity index (χ3n) is 5.53. The van der Waals surface area contributed by atoms with Gasteiger partial charge in [-0.15, -0.1) is 5.10 Å². The van der Waals surface area contributed by atoms with Crippen LogP contribution in [0, 0.1) is 6.92 Å². The zero-order valence-electron chi connectivity index (χ0n) is 18.1. The number of piperazine rings is 1. The van der Waals surface area contributed by atoms with Crippen LogP contribution in [0.2, 0.25) is 0 Å². The number of rotatable bonds is 8. The first-order valence-corrected chi connectivity index (χ1v) is 10.8. The van der Waals surface area contributed by atoms with Gasteiger partial charge in [0.25, 0.3) is 0 Å². The normalized spacial score (nSPS) is 15.4. The lowest BCUT2D eigenvalue weighted by molar-refractivity contribution is 0.138. The first-order valence-electron chi connectivity index (χ1n) is 10.8. The van der Waals surface area contributed by atoms with Crippen molar-refractivity contribution in [3.8, 4) is 6.01 Å². The first kappa shape index (κ1) is 21.3. The summed E-state index contributed by atoms with van der Waals surface area (Å²) in [6.07, 6.45) is 5.37. The lowest BCUT2D eigenvalue weighted by Gasteiger charge is -2.29. The van der Waals surface area contributed by atoms with Gasteiger partial charge in [-0.1, -0.05) is 13.0 Å². The number of ether oxygens (including phenoxy) is 1. The number of nitrogens with two attached hydrogens (primary N) is 1. The van der Waals surface area contributed by atoms with Gasteiger partial charge in [0.1, 0.15) is 11.9 Å². The summed E-state index contributed by atoms with van der Waals surface area (Å²) in [6.45, 7) is 8.03. The van der Waals surface area contributed by atoms with Crippen LogP contribution in [-0.4, -0.2) is 68.6 Å². The number of aliphatic hydroxyl groups is 1. The van der Waals surface area contributed by atoms with Crippen molar-refractivity contribution in [3.05, 3.63) is 35.3 Å². The van der Waals surface area contributed by atoms with E-state index in [1.165, 1.54) is 0 Å². The monoisotopic (exact) mass is 426 g/mol. The first-order chi connectivity index (χ1) is 15.1. The van der Waals surface area contributed by atoms with E-state index in [2.05, 4.69) is 38.3 Å². The highest BCUT2D eigenvalue weighted by Crippen LogP contribution is 2.22. The number of aryl methyl sites for hydroxylation is 1. The van der Waals surface area contributed by atoms with Gasteiger partial charge in [0, 0.05) is 51.8 Å². The SMILES string of the molecule is CC[C@@H](CCO)Oc1nc(N)c2ncc(Cc3cnc(N4CCNCC4)c(C)c3)n2n1. The molecule has 0 spiro atoms. The molecule has 166 valence electrons. The Morgan fingerprint density at radius 2 is 2.06 bits per heavy atom. The number of anilines is 2. The average molecular weight is 427 g/mol. The second-order valence-corrected chi connectivity index (χ2v) is 7.82. The molecule has 0 saturated carbocycles. The molecule has 10 nitrogen and oxygen atoms in total. The van der Waals surface area contributed by atoms with Crippen molar-refractivity contribution in [2.24, 2.45) is 0 Å². The predicted octanol–water partition coefficient (Wildman–Crippen LogP) is 0.950. The number of imidazole rings is 1. The van der Waals surface area contributed by atoms with Gasteiger partial charge in [-0.2, -0.15) is 4.98 Å². The van der Waals surface area contributed by atoms with Gasteiger partial charge >= 0.3 is 6.01 Å². The van der Waals surface area contributed by atoms with Gasteiger partial charge in [0.05, 0.1) is 11.9 Å². The zero-order valence-corrected chi connectivity index (χ0v) is 18.1. The Morgan fingerprint density at radius 1 is 1.26 bits per heavy atom. The van der Waals surface area contributed by atoms with Crippen LogP contribution in [0.4, 0.5) is 11.6 Å². The molecule has 3 aromatic rings. The summed E-state index contributed by atoms with van der Waals surface area (Å²) < 4.78 is 7.52. The number of pyridine rings is 1. The molecule has 4 heterocycles. The second-order valence-electron chi connectivity index (χ2n) is 7.82. The summed E-state index contributed by atoms with van der Waals surface area (Å²) >= 11 is 0. The van der Waals surface area contributed by atoms with Crippen LogP contribution in [0.5, 0.6) is 6.01 Å². The Bertz CT molecular complexity index is 1030. The molecule has 10 heteroatoms. The van der Waals surface area contributed by atoms with E-state index in [1.54, 1.807) is 10.7 Å². The number of hydrogen-bond donors (Lipinski definition) is 3. The van der Waals surface area contributed by atoms with Gasteiger partial charge in [0.15, 0.2) is 11.5 Å². The molecule has 0 unspecified atom stereocenters. The van der Waals surface area contributed by atoms with Crippen molar-refractivity contribution in [1.29, 1.82) is 0 Å². The highest BCUT2D eigenvalue weighted by molar-refractivity contribution is 5.60. The molecule has 1 saturated heterocycles. The molecule has 1 aliphatic rings. The minimum absolute atomic E-state index is 0.0445. The molecule has 4 N–H and O–H groups in total. The van der Waals surface area contributed by atoms with Crippen LogP contribution in [-0.2, 0) is 6.42 Å². The summed E-state index contributed by atoms with van der Waals surface area (Å²) in [5.41, 5.74) is 9.70. The molecule has 1 fully saturated rings. The van der Waals surface area contributed by atoms with Crippen LogP contribution in [0.3, 0.4) is 0 Å². The van der Waals surface area contributed by atoms with E-state index < -0.39 is 0 Å². The van der Waals surface area contributed by atoms with E-state index in [0.29, 0.717) is 18.5 Å². The molecule has 1 atom stereocenters. The largest absolute Gasteiger partial charge is 0.459 e. The quantitative estimate of drug-likeness (QED) is 0.482. The van der Waals surface area contributed by atoms with Crippen molar-refractivity contribution in [1.82, 2.24) is 29.9 Å². The minimum atomic E-state index is -0.168. The maximum atomic E-state index is 9.20. The predicted molar refractivity (Wildman–Crippen MR) is 118 cm³/mol. The molecule has 0 radical (unpaired) electrons. The number of hydrogen-bond acceptors (Lipinski definition) is 9. The fraction of sp³-hybridized carbons (Fsp3) is 0.524. The molecule has 1 aliphatic heterocycles. The standard InChI is InChI=1S/C21H30N8O2/c1-3-17(4-9-30)31-21-26-18(22)20-25-13-16(29(20)27-21)11-15-10-14(2)19(24-12-15)28-7-5-23-6-8-28/h10,12-13,17,23,30H,3-9,11H2,1-2H3,(H2,22,26,27)/t17-/m0/s1. The van der Waals surface area contributed by atoms with Crippen molar-refractivity contribution in [2.75, 3.05) is 43.4 Å². The summed E-state index contributed by atoms with van der Waals surface area (Å²) in [5, 5.41) is 17.1. The van der Waals surface area contributed by atoms with Crippen molar-refractivity contribution in [2.45, 2.75) is 39.2 Å². The van der Waals surface area contributed by atoms with Gasteiger partial charge in [-0.05, 0) is 24.5 Å². The van der Waals surface area contributed by atoms with E-state index in [4.69, 9.17) is 15.5 Å². The highest BCUT2D eigenvalue weighted by atomic mass is 16.5.